The normalized spacial score (nSPS) is 23.2. The number of nitrogens with one attached hydrogen (secondary N) is 1. The zero-order valence-corrected chi connectivity index (χ0v) is 12.5. The van der Waals surface area contributed by atoms with Crippen molar-refractivity contribution in [3.8, 4) is 0 Å². The van der Waals surface area contributed by atoms with Gasteiger partial charge in [-0.05, 0) is 19.3 Å². The number of piperidine rings is 1. The summed E-state index contributed by atoms with van der Waals surface area (Å²) in [7, 11) is 0. The molecule has 0 spiro atoms. The van der Waals surface area contributed by atoms with E-state index in [9.17, 15) is 4.79 Å². The van der Waals surface area contributed by atoms with Crippen LogP contribution in [0, 0.1) is 0 Å². The van der Waals surface area contributed by atoms with Crippen LogP contribution in [0.1, 0.15) is 37.5 Å². The first-order valence-electron chi connectivity index (χ1n) is 7.95. The van der Waals surface area contributed by atoms with E-state index in [0.717, 1.165) is 51.3 Å². The fourth-order valence-corrected chi connectivity index (χ4v) is 3.06. The van der Waals surface area contributed by atoms with Crippen LogP contribution in [0.25, 0.3) is 0 Å². The van der Waals surface area contributed by atoms with Crippen molar-refractivity contribution in [1.82, 2.24) is 19.8 Å². The van der Waals surface area contributed by atoms with E-state index in [4.69, 9.17) is 4.74 Å². The molecule has 0 aromatic carbocycles. The lowest BCUT2D eigenvalue weighted by atomic mass is 10.1. The first-order chi connectivity index (χ1) is 10.3. The molecule has 1 atom stereocenters. The fourth-order valence-electron chi connectivity index (χ4n) is 3.06. The van der Waals surface area contributed by atoms with Gasteiger partial charge in [0.1, 0.15) is 6.10 Å². The number of aromatic nitrogens is 2. The average molecular weight is 292 g/mol. The van der Waals surface area contributed by atoms with Gasteiger partial charge in [0.05, 0.1) is 24.8 Å². The third kappa shape index (κ3) is 3.63. The Morgan fingerprint density at radius 2 is 2.24 bits per heavy atom. The fraction of sp³-hybridized carbons (Fsp3) is 0.733. The summed E-state index contributed by atoms with van der Waals surface area (Å²) in [4.78, 5) is 18.4. The summed E-state index contributed by atoms with van der Waals surface area (Å²) in [6.45, 7) is 4.97. The van der Waals surface area contributed by atoms with Crippen LogP contribution in [0.2, 0.25) is 0 Å². The molecule has 1 aromatic heterocycles. The van der Waals surface area contributed by atoms with E-state index in [1.807, 2.05) is 11.1 Å². The van der Waals surface area contributed by atoms with E-state index in [2.05, 4.69) is 14.9 Å². The molecular weight excluding hydrogens is 268 g/mol. The Hall–Kier alpha value is -1.40. The molecule has 116 valence electrons. The molecule has 1 unspecified atom stereocenters. The maximum atomic E-state index is 12.2. The highest BCUT2D eigenvalue weighted by Gasteiger charge is 2.21. The minimum Gasteiger partial charge on any atom is -0.369 e. The molecule has 0 bridgehead atoms. The molecule has 2 aliphatic heterocycles. The Morgan fingerprint density at radius 3 is 3.00 bits per heavy atom. The number of likely N-dealkylation sites (tertiary alicyclic amines) is 1. The molecule has 6 heteroatoms. The van der Waals surface area contributed by atoms with Gasteiger partial charge in [0.2, 0.25) is 5.91 Å². The number of rotatable bonds is 4. The van der Waals surface area contributed by atoms with Gasteiger partial charge in [0.25, 0.3) is 0 Å². The second kappa shape index (κ2) is 7.04. The van der Waals surface area contributed by atoms with Gasteiger partial charge < -0.3 is 19.5 Å². The van der Waals surface area contributed by atoms with Crippen molar-refractivity contribution in [2.24, 2.45) is 0 Å². The maximum absolute atomic E-state index is 12.2. The molecule has 1 aromatic rings. The van der Waals surface area contributed by atoms with Crippen LogP contribution in [0.15, 0.2) is 12.5 Å². The summed E-state index contributed by atoms with van der Waals surface area (Å²) < 4.78 is 7.82. The SMILES string of the molecule is O=C(CCn1cncc1C1CNCCO1)N1CCCCC1. The topological polar surface area (TPSA) is 59.4 Å². The van der Waals surface area contributed by atoms with Crippen LogP contribution in [0.3, 0.4) is 0 Å². The lowest BCUT2D eigenvalue weighted by Crippen LogP contribution is -2.36. The Kier molecular flexibility index (Phi) is 4.87. The quantitative estimate of drug-likeness (QED) is 0.897. The van der Waals surface area contributed by atoms with E-state index < -0.39 is 0 Å². The number of ether oxygens (including phenoxy) is 1. The zero-order chi connectivity index (χ0) is 14.5. The molecule has 21 heavy (non-hydrogen) atoms. The maximum Gasteiger partial charge on any atom is 0.224 e. The summed E-state index contributed by atoms with van der Waals surface area (Å²) in [5, 5.41) is 3.33. The van der Waals surface area contributed by atoms with Gasteiger partial charge in [0.15, 0.2) is 0 Å². The van der Waals surface area contributed by atoms with E-state index >= 15 is 0 Å². The third-order valence-electron chi connectivity index (χ3n) is 4.28. The van der Waals surface area contributed by atoms with E-state index in [1.54, 1.807) is 6.33 Å². The van der Waals surface area contributed by atoms with Gasteiger partial charge in [0, 0.05) is 39.1 Å². The summed E-state index contributed by atoms with van der Waals surface area (Å²) in [5.41, 5.74) is 1.06. The van der Waals surface area contributed by atoms with E-state index in [0.29, 0.717) is 13.0 Å². The van der Waals surface area contributed by atoms with Crippen LogP contribution in [0.5, 0.6) is 0 Å². The predicted molar refractivity (Wildman–Crippen MR) is 78.8 cm³/mol. The molecule has 0 radical (unpaired) electrons. The van der Waals surface area contributed by atoms with Gasteiger partial charge in [-0.3, -0.25) is 4.79 Å². The van der Waals surface area contributed by atoms with Crippen molar-refractivity contribution in [2.45, 2.75) is 38.3 Å². The lowest BCUT2D eigenvalue weighted by Gasteiger charge is -2.27. The monoisotopic (exact) mass is 292 g/mol. The van der Waals surface area contributed by atoms with Crippen molar-refractivity contribution < 1.29 is 9.53 Å². The number of carbonyl (C=O) groups excluding carboxylic acids is 1. The highest BCUT2D eigenvalue weighted by Crippen LogP contribution is 2.19. The molecule has 1 amide bonds. The Bertz CT molecular complexity index is 462. The standard InChI is InChI=1S/C15H24N4O2/c20-15(18-6-2-1-3-7-18)4-8-19-12-17-10-13(19)14-11-16-5-9-21-14/h10,12,14,16H,1-9,11H2. The molecule has 3 heterocycles. The van der Waals surface area contributed by atoms with Gasteiger partial charge in [-0.2, -0.15) is 0 Å². The molecular formula is C15H24N4O2. The minimum absolute atomic E-state index is 0.0475. The number of nitrogens with zero attached hydrogens (tertiary/aromatic N) is 3. The zero-order valence-electron chi connectivity index (χ0n) is 12.5. The number of hydrogen-bond donors (Lipinski definition) is 1. The molecule has 2 saturated heterocycles. The molecule has 0 saturated carbocycles. The van der Waals surface area contributed by atoms with E-state index in [-0.39, 0.29) is 12.0 Å². The van der Waals surface area contributed by atoms with Gasteiger partial charge in [-0.25, -0.2) is 4.98 Å². The second-order valence-electron chi connectivity index (χ2n) is 5.77. The predicted octanol–water partition coefficient (Wildman–Crippen LogP) is 0.947. The van der Waals surface area contributed by atoms with Gasteiger partial charge >= 0.3 is 0 Å². The van der Waals surface area contributed by atoms with Gasteiger partial charge in [-0.1, -0.05) is 0 Å². The number of carbonyl (C=O) groups is 1. The van der Waals surface area contributed by atoms with Crippen LogP contribution in [-0.4, -0.2) is 53.1 Å². The molecule has 0 aliphatic carbocycles. The summed E-state index contributed by atoms with van der Waals surface area (Å²) in [5.74, 6) is 0.261. The largest absolute Gasteiger partial charge is 0.369 e. The number of morpholine rings is 1. The van der Waals surface area contributed by atoms with Crippen molar-refractivity contribution >= 4 is 5.91 Å². The molecule has 2 aliphatic rings. The number of imidazole rings is 1. The molecule has 2 fully saturated rings. The third-order valence-corrected chi connectivity index (χ3v) is 4.28. The molecule has 3 rings (SSSR count). The average Bonchev–Trinajstić information content (AvgIpc) is 3.03. The van der Waals surface area contributed by atoms with E-state index in [1.165, 1.54) is 6.42 Å². The summed E-state index contributed by atoms with van der Waals surface area (Å²) >= 11 is 0. The van der Waals surface area contributed by atoms with Crippen LogP contribution >= 0.6 is 0 Å². The van der Waals surface area contributed by atoms with Crippen LogP contribution in [0.4, 0.5) is 0 Å². The highest BCUT2D eigenvalue weighted by molar-refractivity contribution is 5.76. The smallest absolute Gasteiger partial charge is 0.224 e. The first kappa shape index (κ1) is 14.5. The summed E-state index contributed by atoms with van der Waals surface area (Å²) in [6.07, 6.45) is 7.78. The molecule has 6 nitrogen and oxygen atoms in total. The Balaban J connectivity index is 1.55. The van der Waals surface area contributed by atoms with Crippen molar-refractivity contribution in [3.63, 3.8) is 0 Å². The minimum atomic E-state index is 0.0475. The number of aryl methyl sites for hydroxylation is 1. The Morgan fingerprint density at radius 1 is 1.38 bits per heavy atom. The van der Waals surface area contributed by atoms with Crippen molar-refractivity contribution in [1.29, 1.82) is 0 Å². The molecule has 1 N–H and O–H groups in total. The van der Waals surface area contributed by atoms with Crippen molar-refractivity contribution in [3.05, 3.63) is 18.2 Å². The van der Waals surface area contributed by atoms with Crippen molar-refractivity contribution in [2.75, 3.05) is 32.8 Å². The Labute approximate surface area is 125 Å². The van der Waals surface area contributed by atoms with Gasteiger partial charge in [-0.15, -0.1) is 0 Å². The highest BCUT2D eigenvalue weighted by atomic mass is 16.5. The lowest BCUT2D eigenvalue weighted by molar-refractivity contribution is -0.132. The summed E-state index contributed by atoms with van der Waals surface area (Å²) in [6, 6.07) is 0. The second-order valence-corrected chi connectivity index (χ2v) is 5.77. The number of amides is 1. The van der Waals surface area contributed by atoms with Crippen LogP contribution < -0.4 is 5.32 Å². The first-order valence-corrected chi connectivity index (χ1v) is 7.95. The van der Waals surface area contributed by atoms with Crippen LogP contribution in [-0.2, 0) is 16.1 Å². The number of hydrogen-bond acceptors (Lipinski definition) is 4.